The summed E-state index contributed by atoms with van der Waals surface area (Å²) in [6.45, 7) is 2.25. The van der Waals surface area contributed by atoms with Crippen molar-refractivity contribution in [2.45, 2.75) is 38.6 Å². The zero-order valence-corrected chi connectivity index (χ0v) is 16.0. The van der Waals surface area contributed by atoms with Crippen LogP contribution in [0.5, 0.6) is 0 Å². The van der Waals surface area contributed by atoms with Crippen molar-refractivity contribution in [3.8, 4) is 0 Å². The second-order valence-corrected chi connectivity index (χ2v) is 7.24. The summed E-state index contributed by atoms with van der Waals surface area (Å²) in [5, 5.41) is 0. The van der Waals surface area contributed by atoms with Crippen LogP contribution in [0.25, 0.3) is 0 Å². The van der Waals surface area contributed by atoms with Gasteiger partial charge in [-0.05, 0) is 49.9 Å². The van der Waals surface area contributed by atoms with Gasteiger partial charge in [0.15, 0.2) is 0 Å². The van der Waals surface area contributed by atoms with Crippen LogP contribution in [0.3, 0.4) is 0 Å². The van der Waals surface area contributed by atoms with Gasteiger partial charge in [0.2, 0.25) is 5.89 Å². The molecule has 1 saturated heterocycles. The van der Waals surface area contributed by atoms with Gasteiger partial charge in [-0.25, -0.2) is 14.2 Å². The van der Waals surface area contributed by atoms with E-state index in [-0.39, 0.29) is 23.5 Å². The maximum absolute atomic E-state index is 13.4. The molecule has 1 aliphatic heterocycles. The van der Waals surface area contributed by atoms with E-state index in [4.69, 9.17) is 4.42 Å². The number of nitrogens with one attached hydrogen (secondary N) is 1. The van der Waals surface area contributed by atoms with Crippen molar-refractivity contribution in [3.05, 3.63) is 81.4 Å². The molecular weight excluding hydrogens is 375 g/mol. The van der Waals surface area contributed by atoms with Crippen LogP contribution in [0, 0.1) is 12.7 Å². The molecule has 0 saturated carbocycles. The van der Waals surface area contributed by atoms with Crippen LogP contribution in [0.1, 0.15) is 58.7 Å². The number of carbonyl (C=O) groups is 1. The van der Waals surface area contributed by atoms with Gasteiger partial charge in [-0.2, -0.15) is 4.98 Å². The van der Waals surface area contributed by atoms with Crippen molar-refractivity contribution in [1.82, 2.24) is 19.9 Å². The van der Waals surface area contributed by atoms with Crippen LogP contribution in [0.4, 0.5) is 4.39 Å². The summed E-state index contributed by atoms with van der Waals surface area (Å²) in [5.74, 6) is 0.445. The molecular formula is C21H21FN4O3. The summed E-state index contributed by atoms with van der Waals surface area (Å²) in [7, 11) is 0. The van der Waals surface area contributed by atoms with E-state index in [1.165, 1.54) is 12.1 Å². The first-order valence-electron chi connectivity index (χ1n) is 9.57. The van der Waals surface area contributed by atoms with Gasteiger partial charge in [0.1, 0.15) is 23.3 Å². The first kappa shape index (κ1) is 19.0. The van der Waals surface area contributed by atoms with Gasteiger partial charge in [-0.1, -0.05) is 12.1 Å². The normalized spacial score (nSPS) is 16.8. The Balaban J connectivity index is 1.57. The highest BCUT2D eigenvalue weighted by Crippen LogP contribution is 2.32. The largest absolute Gasteiger partial charge is 0.443 e. The van der Waals surface area contributed by atoms with E-state index < -0.39 is 5.69 Å². The van der Waals surface area contributed by atoms with Crippen molar-refractivity contribution in [3.63, 3.8) is 0 Å². The minimum absolute atomic E-state index is 0.115. The third-order valence-electron chi connectivity index (χ3n) is 4.99. The Labute approximate surface area is 166 Å². The molecule has 0 bridgehead atoms. The van der Waals surface area contributed by atoms with E-state index >= 15 is 0 Å². The number of rotatable bonds is 4. The zero-order valence-electron chi connectivity index (χ0n) is 16.0. The first-order valence-corrected chi connectivity index (χ1v) is 9.57. The third-order valence-corrected chi connectivity index (χ3v) is 4.99. The fourth-order valence-corrected chi connectivity index (χ4v) is 3.67. The number of likely N-dealkylation sites (tertiary alicyclic amines) is 1. The number of halogens is 1. The molecule has 4 rings (SSSR count). The maximum atomic E-state index is 13.4. The highest BCUT2D eigenvalue weighted by Gasteiger charge is 2.32. The van der Waals surface area contributed by atoms with Crippen molar-refractivity contribution in [1.29, 1.82) is 0 Å². The minimum Gasteiger partial charge on any atom is -0.443 e. The van der Waals surface area contributed by atoms with Crippen LogP contribution in [-0.4, -0.2) is 32.3 Å². The van der Waals surface area contributed by atoms with Crippen molar-refractivity contribution in [2.24, 2.45) is 0 Å². The summed E-state index contributed by atoms with van der Waals surface area (Å²) in [4.78, 5) is 37.1. The van der Waals surface area contributed by atoms with E-state index in [0.717, 1.165) is 18.4 Å². The molecule has 1 aromatic carbocycles. The lowest BCUT2D eigenvalue weighted by atomic mass is 10.0. The molecule has 0 spiro atoms. The lowest BCUT2D eigenvalue weighted by molar-refractivity contribution is 0.0563. The second-order valence-electron chi connectivity index (χ2n) is 7.24. The quantitative estimate of drug-likeness (QED) is 0.731. The molecule has 150 valence electrons. The molecule has 0 unspecified atom stereocenters. The van der Waals surface area contributed by atoms with Crippen LogP contribution in [0.15, 0.2) is 45.7 Å². The van der Waals surface area contributed by atoms with E-state index in [1.54, 1.807) is 30.2 Å². The molecule has 7 nitrogen and oxygen atoms in total. The molecule has 1 aliphatic rings. The Morgan fingerprint density at radius 1 is 1.34 bits per heavy atom. The van der Waals surface area contributed by atoms with Gasteiger partial charge in [-0.3, -0.25) is 4.79 Å². The third kappa shape index (κ3) is 4.26. The molecule has 1 N–H and O–H groups in total. The Morgan fingerprint density at radius 2 is 2.21 bits per heavy atom. The van der Waals surface area contributed by atoms with E-state index in [1.807, 2.05) is 6.07 Å². The molecule has 0 radical (unpaired) electrons. The van der Waals surface area contributed by atoms with Gasteiger partial charge in [0.25, 0.3) is 5.91 Å². The Hall–Kier alpha value is -3.29. The maximum Gasteiger partial charge on any atom is 0.345 e. The molecule has 29 heavy (non-hydrogen) atoms. The number of benzene rings is 1. The van der Waals surface area contributed by atoms with Crippen LogP contribution >= 0.6 is 0 Å². The monoisotopic (exact) mass is 396 g/mol. The predicted molar refractivity (Wildman–Crippen MR) is 103 cm³/mol. The lowest BCUT2D eigenvalue weighted by Crippen LogP contribution is -2.39. The summed E-state index contributed by atoms with van der Waals surface area (Å²) < 4.78 is 19.3. The van der Waals surface area contributed by atoms with Crippen molar-refractivity contribution >= 4 is 5.91 Å². The average Bonchev–Trinajstić information content (AvgIpc) is 3.15. The van der Waals surface area contributed by atoms with Crippen molar-refractivity contribution < 1.29 is 13.6 Å². The zero-order chi connectivity index (χ0) is 20.4. The van der Waals surface area contributed by atoms with Gasteiger partial charge in [-0.15, -0.1) is 0 Å². The number of aromatic nitrogens is 3. The van der Waals surface area contributed by atoms with E-state index in [0.29, 0.717) is 36.7 Å². The second kappa shape index (κ2) is 7.98. The first-order chi connectivity index (χ1) is 14.0. The Morgan fingerprint density at radius 3 is 3.00 bits per heavy atom. The standard InChI is InChI=1S/C21H21FN4O3/c1-13-9-17(25-21(28)24-13)20(27)26-8-3-2-7-18(26)19-23-12-16(29-19)11-14-5-4-6-15(22)10-14/h4-6,9-10,12,18H,2-3,7-8,11H2,1H3,(H,24,25,28)/t18-/m0/s1. The fourth-order valence-electron chi connectivity index (χ4n) is 3.67. The smallest absolute Gasteiger partial charge is 0.345 e. The molecule has 3 aromatic rings. The number of oxazole rings is 1. The van der Waals surface area contributed by atoms with Crippen molar-refractivity contribution in [2.75, 3.05) is 6.54 Å². The van der Waals surface area contributed by atoms with Gasteiger partial charge in [0, 0.05) is 18.7 Å². The highest BCUT2D eigenvalue weighted by molar-refractivity contribution is 5.92. The molecule has 2 aromatic heterocycles. The summed E-state index contributed by atoms with van der Waals surface area (Å²) in [6.07, 6.45) is 4.56. The molecule has 1 fully saturated rings. The lowest BCUT2D eigenvalue weighted by Gasteiger charge is -2.33. The number of hydrogen-bond donors (Lipinski definition) is 1. The predicted octanol–water partition coefficient (Wildman–Crippen LogP) is 3.16. The number of carbonyl (C=O) groups excluding carboxylic acids is 1. The molecule has 8 heteroatoms. The minimum atomic E-state index is -0.546. The van der Waals surface area contributed by atoms with Gasteiger partial charge in [0.05, 0.1) is 6.20 Å². The Kier molecular flexibility index (Phi) is 5.24. The number of H-pyrrole nitrogens is 1. The Bertz CT molecular complexity index is 1090. The molecule has 1 amide bonds. The van der Waals surface area contributed by atoms with Crippen LogP contribution in [-0.2, 0) is 6.42 Å². The fraction of sp³-hybridized carbons (Fsp3) is 0.333. The van der Waals surface area contributed by atoms with E-state index in [2.05, 4.69) is 15.0 Å². The number of piperidine rings is 1. The molecule has 0 aliphatic carbocycles. The summed E-state index contributed by atoms with van der Waals surface area (Å²) in [6, 6.07) is 7.58. The van der Waals surface area contributed by atoms with Gasteiger partial charge >= 0.3 is 5.69 Å². The van der Waals surface area contributed by atoms with Gasteiger partial charge < -0.3 is 14.3 Å². The molecule has 3 heterocycles. The SMILES string of the molecule is Cc1cc(C(=O)N2CCCC[C@H]2c2ncc(Cc3cccc(F)c3)o2)nc(=O)[nH]1. The molecule has 1 atom stereocenters. The topological polar surface area (TPSA) is 92.1 Å². The number of amides is 1. The number of aromatic amines is 1. The number of aryl methyl sites for hydroxylation is 1. The van der Waals surface area contributed by atoms with Crippen LogP contribution in [0.2, 0.25) is 0 Å². The summed E-state index contributed by atoms with van der Waals surface area (Å²) in [5.41, 5.74) is 0.933. The summed E-state index contributed by atoms with van der Waals surface area (Å²) >= 11 is 0. The number of hydrogen-bond acceptors (Lipinski definition) is 5. The van der Waals surface area contributed by atoms with E-state index in [9.17, 15) is 14.0 Å². The highest BCUT2D eigenvalue weighted by atomic mass is 19.1. The number of nitrogens with zero attached hydrogens (tertiary/aromatic N) is 3. The average molecular weight is 396 g/mol. The van der Waals surface area contributed by atoms with Crippen LogP contribution < -0.4 is 5.69 Å².